The van der Waals surface area contributed by atoms with Crippen LogP contribution in [0.25, 0.3) is 66.1 Å². The molecule has 5 aromatic heterocycles. The second-order valence-corrected chi connectivity index (χ2v) is 10.7. The Kier molecular flexibility index (Phi) is 5.99. The van der Waals surface area contributed by atoms with E-state index in [2.05, 4.69) is 39.7 Å². The molecule has 7 heteroatoms. The first-order valence-corrected chi connectivity index (χ1v) is 13.9. The van der Waals surface area contributed by atoms with Crippen molar-refractivity contribution in [3.05, 3.63) is 119 Å². The summed E-state index contributed by atoms with van der Waals surface area (Å²) in [6.45, 7) is 6.28. The molecule has 0 fully saturated rings. The molecule has 0 radical (unpaired) electrons. The third-order valence-electron chi connectivity index (χ3n) is 6.79. The van der Waals surface area contributed by atoms with E-state index in [0.29, 0.717) is 16.8 Å². The van der Waals surface area contributed by atoms with Gasteiger partial charge in [0.05, 0.1) is 27.3 Å². The van der Waals surface area contributed by atoms with Crippen molar-refractivity contribution in [3.63, 3.8) is 0 Å². The van der Waals surface area contributed by atoms with Crippen molar-refractivity contribution in [2.45, 2.75) is 6.92 Å². The van der Waals surface area contributed by atoms with Gasteiger partial charge in [-0.2, -0.15) is 0 Å². The smallest absolute Gasteiger partial charge is 0.223 e. The first-order chi connectivity index (χ1) is 19.6. The largest absolute Gasteiger partial charge is 0.455 e. The number of aromatic nitrogens is 4. The van der Waals surface area contributed by atoms with Crippen LogP contribution in [0.2, 0.25) is 5.28 Å². The molecule has 0 aliphatic heterocycles. The van der Waals surface area contributed by atoms with Gasteiger partial charge in [0, 0.05) is 38.0 Å². The lowest BCUT2D eigenvalue weighted by Crippen LogP contribution is -2.21. The lowest BCUT2D eigenvalue weighted by Gasteiger charge is -2.06. The minimum atomic E-state index is 0.174. The SMILES string of the molecule is C=c1/c(=C(\C=C/C)c2cccc(-c3nc(Cl)nc4c3sc3ccc(-c5ccccn5)cc34)n2)oc2ccccc12. The van der Waals surface area contributed by atoms with E-state index in [9.17, 15) is 0 Å². The Labute approximate surface area is 238 Å². The Bertz CT molecular complexity index is 2220. The topological polar surface area (TPSA) is 64.7 Å². The molecule has 0 N–H and O–H groups in total. The Morgan fingerprint density at radius 3 is 2.58 bits per heavy atom. The number of para-hydroxylation sites is 1. The summed E-state index contributed by atoms with van der Waals surface area (Å²) in [5.74, 6) is 0. The number of benzene rings is 2. The number of rotatable bonds is 4. The van der Waals surface area contributed by atoms with Crippen LogP contribution in [-0.4, -0.2) is 19.9 Å². The van der Waals surface area contributed by atoms with E-state index in [1.54, 1.807) is 17.5 Å². The molecule has 0 unspecified atom stereocenters. The molecule has 0 aliphatic rings. The second-order valence-electron chi connectivity index (χ2n) is 9.27. The Balaban J connectivity index is 1.44. The molecule has 0 aliphatic carbocycles. The fourth-order valence-electron chi connectivity index (χ4n) is 4.96. The Morgan fingerprint density at radius 1 is 0.900 bits per heavy atom. The molecule has 7 rings (SSSR count). The van der Waals surface area contributed by atoms with Crippen LogP contribution >= 0.6 is 22.9 Å². The number of hydrogen-bond acceptors (Lipinski definition) is 6. The van der Waals surface area contributed by atoms with Crippen LogP contribution in [0.5, 0.6) is 0 Å². The van der Waals surface area contributed by atoms with Gasteiger partial charge in [-0.05, 0) is 61.0 Å². The van der Waals surface area contributed by atoms with E-state index in [-0.39, 0.29) is 5.28 Å². The fourth-order valence-corrected chi connectivity index (χ4v) is 6.25. The van der Waals surface area contributed by atoms with E-state index in [0.717, 1.165) is 59.0 Å². The second kappa shape index (κ2) is 9.83. The third kappa shape index (κ3) is 4.09. The van der Waals surface area contributed by atoms with Gasteiger partial charge >= 0.3 is 0 Å². The van der Waals surface area contributed by atoms with Gasteiger partial charge in [-0.15, -0.1) is 11.3 Å². The van der Waals surface area contributed by atoms with Crippen LogP contribution < -0.4 is 10.6 Å². The molecular formula is C33H21ClN4OS. The molecule has 7 aromatic rings. The van der Waals surface area contributed by atoms with Crippen molar-refractivity contribution in [1.82, 2.24) is 19.9 Å². The summed E-state index contributed by atoms with van der Waals surface area (Å²) in [6, 6.07) is 26.0. The van der Waals surface area contributed by atoms with E-state index in [4.69, 9.17) is 21.0 Å². The summed E-state index contributed by atoms with van der Waals surface area (Å²) in [5, 5.41) is 2.99. The van der Waals surface area contributed by atoms with Gasteiger partial charge in [-0.3, -0.25) is 4.98 Å². The van der Waals surface area contributed by atoms with Gasteiger partial charge < -0.3 is 4.42 Å². The normalized spacial score (nSPS) is 12.7. The average Bonchev–Trinajstić information content (AvgIpc) is 3.53. The summed E-state index contributed by atoms with van der Waals surface area (Å²) < 4.78 is 8.27. The molecule has 40 heavy (non-hydrogen) atoms. The van der Waals surface area contributed by atoms with E-state index < -0.39 is 0 Å². The maximum Gasteiger partial charge on any atom is 0.223 e. The van der Waals surface area contributed by atoms with Crippen LogP contribution in [0, 0.1) is 0 Å². The summed E-state index contributed by atoms with van der Waals surface area (Å²) in [5.41, 5.74) is 7.20. The number of halogens is 1. The van der Waals surface area contributed by atoms with Crippen molar-refractivity contribution >= 4 is 66.4 Å². The van der Waals surface area contributed by atoms with Crippen LogP contribution in [0.1, 0.15) is 12.6 Å². The molecule has 192 valence electrons. The quantitative estimate of drug-likeness (QED) is 0.209. The molecule has 0 amide bonds. The van der Waals surface area contributed by atoms with E-state index in [1.807, 2.05) is 79.7 Å². The molecule has 0 saturated heterocycles. The van der Waals surface area contributed by atoms with Gasteiger partial charge in [-0.25, -0.2) is 15.0 Å². The molecule has 0 bridgehead atoms. The van der Waals surface area contributed by atoms with Crippen molar-refractivity contribution in [1.29, 1.82) is 0 Å². The molecule has 5 nitrogen and oxygen atoms in total. The maximum absolute atomic E-state index is 6.50. The van der Waals surface area contributed by atoms with Gasteiger partial charge in [-0.1, -0.05) is 55.1 Å². The lowest BCUT2D eigenvalue weighted by molar-refractivity contribution is 0.573. The van der Waals surface area contributed by atoms with Crippen molar-refractivity contribution < 1.29 is 4.42 Å². The Morgan fingerprint density at radius 2 is 1.75 bits per heavy atom. The first kappa shape index (κ1) is 24.4. The molecular weight excluding hydrogens is 536 g/mol. The number of furan rings is 1. The Hall–Kier alpha value is -4.65. The van der Waals surface area contributed by atoms with Crippen LogP contribution in [-0.2, 0) is 0 Å². The summed E-state index contributed by atoms with van der Waals surface area (Å²) in [4.78, 5) is 18.8. The summed E-state index contributed by atoms with van der Waals surface area (Å²) in [7, 11) is 0. The molecule has 0 atom stereocenters. The fraction of sp³-hybridized carbons (Fsp3) is 0.0303. The van der Waals surface area contributed by atoms with Crippen LogP contribution in [0.15, 0.2) is 102 Å². The molecule has 5 heterocycles. The highest BCUT2D eigenvalue weighted by Gasteiger charge is 2.18. The first-order valence-electron chi connectivity index (χ1n) is 12.7. The highest BCUT2D eigenvalue weighted by atomic mass is 35.5. The van der Waals surface area contributed by atoms with Gasteiger partial charge in [0.1, 0.15) is 16.7 Å². The highest BCUT2D eigenvalue weighted by molar-refractivity contribution is 7.26. The number of allylic oxidation sites excluding steroid dienone is 2. The highest BCUT2D eigenvalue weighted by Crippen LogP contribution is 2.39. The number of pyridine rings is 2. The van der Waals surface area contributed by atoms with E-state index in [1.165, 1.54) is 0 Å². The zero-order valence-corrected chi connectivity index (χ0v) is 23.0. The van der Waals surface area contributed by atoms with Crippen LogP contribution in [0.3, 0.4) is 0 Å². The summed E-state index contributed by atoms with van der Waals surface area (Å²) >= 11 is 8.13. The number of hydrogen-bond donors (Lipinski definition) is 0. The predicted octanol–water partition coefficient (Wildman–Crippen LogP) is 7.55. The van der Waals surface area contributed by atoms with Crippen LogP contribution in [0.4, 0.5) is 0 Å². The predicted molar refractivity (Wildman–Crippen MR) is 165 cm³/mol. The summed E-state index contributed by atoms with van der Waals surface area (Å²) in [6.07, 6.45) is 5.77. The zero-order chi connectivity index (χ0) is 27.2. The van der Waals surface area contributed by atoms with Gasteiger partial charge in [0.2, 0.25) is 5.28 Å². The molecule has 2 aromatic carbocycles. The van der Waals surface area contributed by atoms with Crippen molar-refractivity contribution in [2.24, 2.45) is 0 Å². The minimum Gasteiger partial charge on any atom is -0.455 e. The number of thiophene rings is 1. The monoisotopic (exact) mass is 556 g/mol. The number of nitrogens with zero attached hydrogens (tertiary/aromatic N) is 4. The molecule has 0 saturated carbocycles. The van der Waals surface area contributed by atoms with E-state index >= 15 is 0 Å². The minimum absolute atomic E-state index is 0.174. The maximum atomic E-state index is 6.50. The standard InChI is InChI=1S/C33H21ClN4OS/c1-3-9-22(31-19(2)21-10-4-5-14-27(21)39-31)25-12-8-13-26(36-25)30-32-29(37-33(34)38-30)23-18-20(15-16-28(23)40-32)24-11-6-7-17-35-24/h3-18H,2H2,1H3/b9-3-,31-22-. The lowest BCUT2D eigenvalue weighted by atomic mass is 10.1. The third-order valence-corrected chi connectivity index (χ3v) is 8.13. The average molecular weight is 557 g/mol. The zero-order valence-electron chi connectivity index (χ0n) is 21.4. The van der Waals surface area contributed by atoms with Crippen molar-refractivity contribution in [2.75, 3.05) is 0 Å². The van der Waals surface area contributed by atoms with Gasteiger partial charge in [0.15, 0.2) is 0 Å². The molecule has 0 spiro atoms. The van der Waals surface area contributed by atoms with Crippen molar-refractivity contribution in [3.8, 4) is 22.6 Å². The number of fused-ring (bicyclic) bond motifs is 4. The van der Waals surface area contributed by atoms with Gasteiger partial charge in [0.25, 0.3) is 0 Å².